The van der Waals surface area contributed by atoms with Gasteiger partial charge in [-0.05, 0) is 18.2 Å². The fourth-order valence-electron chi connectivity index (χ4n) is 2.57. The minimum absolute atomic E-state index is 0.0299. The summed E-state index contributed by atoms with van der Waals surface area (Å²) in [4.78, 5) is 16.4. The number of hydrogen-bond acceptors (Lipinski definition) is 4. The molecule has 0 radical (unpaired) electrons. The Morgan fingerprint density at radius 1 is 1.30 bits per heavy atom. The number of nitrogens with zero attached hydrogens (tertiary/aromatic N) is 2. The van der Waals surface area contributed by atoms with Gasteiger partial charge in [0.05, 0.1) is 27.2 Å². The summed E-state index contributed by atoms with van der Waals surface area (Å²) >= 11 is 0.879. The Morgan fingerprint density at radius 2 is 2.00 bits per heavy atom. The SMILES string of the molecule is C#CCn1c(=NC(=O)c2ccccc2S(C)(=O)=O)sc2cc(F)cc(F)c21. The van der Waals surface area contributed by atoms with Crippen molar-refractivity contribution in [3.8, 4) is 12.3 Å². The van der Waals surface area contributed by atoms with E-state index >= 15 is 0 Å². The summed E-state index contributed by atoms with van der Waals surface area (Å²) in [6.07, 6.45) is 6.30. The number of thiazole rings is 1. The lowest BCUT2D eigenvalue weighted by molar-refractivity contribution is 0.0994. The third-order valence-electron chi connectivity index (χ3n) is 3.66. The monoisotopic (exact) mass is 406 g/mol. The van der Waals surface area contributed by atoms with Crippen LogP contribution >= 0.6 is 11.3 Å². The summed E-state index contributed by atoms with van der Waals surface area (Å²) in [5, 5.41) is 0. The van der Waals surface area contributed by atoms with E-state index in [1.54, 1.807) is 0 Å². The molecule has 0 aliphatic rings. The highest BCUT2D eigenvalue weighted by atomic mass is 32.2. The van der Waals surface area contributed by atoms with Crippen LogP contribution in [0.5, 0.6) is 0 Å². The van der Waals surface area contributed by atoms with E-state index in [-0.39, 0.29) is 32.0 Å². The first kappa shape index (κ1) is 18.9. The third-order valence-corrected chi connectivity index (χ3v) is 5.84. The van der Waals surface area contributed by atoms with Gasteiger partial charge in [0, 0.05) is 12.3 Å². The number of carbonyl (C=O) groups is 1. The fourth-order valence-corrected chi connectivity index (χ4v) is 4.51. The van der Waals surface area contributed by atoms with Crippen LogP contribution in [0.3, 0.4) is 0 Å². The molecule has 0 saturated heterocycles. The summed E-state index contributed by atoms with van der Waals surface area (Å²) in [6, 6.07) is 7.46. The zero-order chi connectivity index (χ0) is 19.8. The number of rotatable bonds is 3. The quantitative estimate of drug-likeness (QED) is 0.628. The van der Waals surface area contributed by atoms with Crippen LogP contribution in [0.4, 0.5) is 8.78 Å². The molecule has 5 nitrogen and oxygen atoms in total. The highest BCUT2D eigenvalue weighted by molar-refractivity contribution is 7.90. The molecule has 0 fully saturated rings. The fraction of sp³-hybridized carbons (Fsp3) is 0.111. The molecule has 0 N–H and O–H groups in total. The first-order chi connectivity index (χ1) is 12.7. The standard InChI is InChI=1S/C18H12F2N2O3S2/c1-3-8-22-16-13(20)9-11(19)10-14(16)26-18(22)21-17(23)12-6-4-5-7-15(12)27(2,24)25/h1,4-7,9-10H,8H2,2H3. The molecule has 27 heavy (non-hydrogen) atoms. The van der Waals surface area contributed by atoms with Crippen molar-refractivity contribution >= 4 is 37.3 Å². The molecule has 138 valence electrons. The number of fused-ring (bicyclic) bond motifs is 1. The Labute approximate surface area is 157 Å². The Balaban J connectivity index is 2.26. The maximum Gasteiger partial charge on any atom is 0.280 e. The summed E-state index contributed by atoms with van der Waals surface area (Å²) in [5.41, 5.74) is -0.0846. The van der Waals surface area contributed by atoms with Gasteiger partial charge in [0.25, 0.3) is 5.91 Å². The Kier molecular flexibility index (Phi) is 4.95. The van der Waals surface area contributed by atoms with Gasteiger partial charge < -0.3 is 4.57 Å². The topological polar surface area (TPSA) is 68.5 Å². The van der Waals surface area contributed by atoms with Gasteiger partial charge in [-0.2, -0.15) is 4.99 Å². The summed E-state index contributed by atoms with van der Waals surface area (Å²) in [6.45, 7) is -0.0949. The lowest BCUT2D eigenvalue weighted by Crippen LogP contribution is -2.18. The van der Waals surface area contributed by atoms with Gasteiger partial charge in [0.15, 0.2) is 20.5 Å². The first-order valence-corrected chi connectivity index (χ1v) is 10.2. The minimum atomic E-state index is -3.65. The first-order valence-electron chi connectivity index (χ1n) is 7.52. The molecule has 0 spiro atoms. The molecule has 0 aliphatic heterocycles. The van der Waals surface area contributed by atoms with Crippen LogP contribution in [0, 0.1) is 24.0 Å². The number of hydrogen-bond donors (Lipinski definition) is 0. The second-order valence-corrected chi connectivity index (χ2v) is 8.59. The molecular formula is C18H12F2N2O3S2. The van der Waals surface area contributed by atoms with Crippen molar-refractivity contribution in [2.45, 2.75) is 11.4 Å². The van der Waals surface area contributed by atoms with Crippen molar-refractivity contribution in [3.05, 3.63) is 58.4 Å². The van der Waals surface area contributed by atoms with Crippen molar-refractivity contribution in [2.75, 3.05) is 6.26 Å². The molecule has 0 aliphatic carbocycles. The summed E-state index contributed by atoms with van der Waals surface area (Å²) in [5.74, 6) is -0.0902. The number of benzene rings is 2. The van der Waals surface area contributed by atoms with E-state index in [0.717, 1.165) is 23.7 Å². The Morgan fingerprint density at radius 3 is 2.67 bits per heavy atom. The zero-order valence-corrected chi connectivity index (χ0v) is 15.6. The average molecular weight is 406 g/mol. The van der Waals surface area contributed by atoms with Gasteiger partial charge in [-0.3, -0.25) is 4.79 Å². The number of amides is 1. The summed E-state index contributed by atoms with van der Waals surface area (Å²) < 4.78 is 53.0. The molecule has 1 heterocycles. The molecule has 0 unspecified atom stereocenters. The van der Waals surface area contributed by atoms with Crippen LogP contribution in [-0.2, 0) is 16.4 Å². The maximum absolute atomic E-state index is 14.2. The highest BCUT2D eigenvalue weighted by Crippen LogP contribution is 2.23. The number of halogens is 2. The van der Waals surface area contributed by atoms with E-state index in [2.05, 4.69) is 10.9 Å². The smallest absolute Gasteiger partial charge is 0.280 e. The Bertz CT molecular complexity index is 1280. The highest BCUT2D eigenvalue weighted by Gasteiger charge is 2.19. The number of sulfone groups is 1. The number of aromatic nitrogens is 1. The zero-order valence-electron chi connectivity index (χ0n) is 13.9. The van der Waals surface area contributed by atoms with Crippen LogP contribution in [0.2, 0.25) is 0 Å². The van der Waals surface area contributed by atoms with Crippen molar-refractivity contribution in [2.24, 2.45) is 4.99 Å². The van der Waals surface area contributed by atoms with E-state index in [4.69, 9.17) is 6.42 Å². The van der Waals surface area contributed by atoms with E-state index < -0.39 is 27.4 Å². The Hall–Kier alpha value is -2.83. The van der Waals surface area contributed by atoms with Crippen LogP contribution in [0.1, 0.15) is 10.4 Å². The van der Waals surface area contributed by atoms with E-state index in [1.807, 2.05) is 0 Å². The molecule has 0 bridgehead atoms. The van der Waals surface area contributed by atoms with Crippen molar-refractivity contribution in [1.82, 2.24) is 4.57 Å². The van der Waals surface area contributed by atoms with Crippen molar-refractivity contribution < 1.29 is 22.0 Å². The van der Waals surface area contributed by atoms with Crippen LogP contribution in [0.15, 0.2) is 46.3 Å². The van der Waals surface area contributed by atoms with Gasteiger partial charge in [-0.1, -0.05) is 29.4 Å². The third kappa shape index (κ3) is 3.67. The molecule has 1 amide bonds. The molecule has 0 saturated carbocycles. The predicted octanol–water partition coefficient (Wildman–Crippen LogP) is 2.76. The average Bonchev–Trinajstić information content (AvgIpc) is 2.91. The molecular weight excluding hydrogens is 394 g/mol. The van der Waals surface area contributed by atoms with E-state index in [9.17, 15) is 22.0 Å². The van der Waals surface area contributed by atoms with Crippen LogP contribution in [-0.4, -0.2) is 25.1 Å². The molecule has 1 aromatic heterocycles. The van der Waals surface area contributed by atoms with E-state index in [1.165, 1.54) is 28.8 Å². The van der Waals surface area contributed by atoms with Gasteiger partial charge >= 0.3 is 0 Å². The second-order valence-electron chi connectivity index (χ2n) is 5.59. The molecule has 3 rings (SSSR count). The normalized spacial score (nSPS) is 12.3. The lowest BCUT2D eigenvalue weighted by atomic mass is 10.2. The molecule has 3 aromatic rings. The van der Waals surface area contributed by atoms with Gasteiger partial charge in [-0.15, -0.1) is 6.42 Å². The van der Waals surface area contributed by atoms with Crippen molar-refractivity contribution in [3.63, 3.8) is 0 Å². The predicted molar refractivity (Wildman–Crippen MR) is 98.0 cm³/mol. The van der Waals surface area contributed by atoms with Gasteiger partial charge in [-0.25, -0.2) is 17.2 Å². The van der Waals surface area contributed by atoms with Crippen LogP contribution < -0.4 is 4.80 Å². The van der Waals surface area contributed by atoms with Gasteiger partial charge in [0.2, 0.25) is 0 Å². The largest absolute Gasteiger partial charge is 0.302 e. The minimum Gasteiger partial charge on any atom is -0.302 e. The lowest BCUT2D eigenvalue weighted by Gasteiger charge is -2.04. The molecule has 9 heteroatoms. The second kappa shape index (κ2) is 7.06. The number of carbonyl (C=O) groups excluding carboxylic acids is 1. The molecule has 2 aromatic carbocycles. The van der Waals surface area contributed by atoms with Gasteiger partial charge in [0.1, 0.15) is 5.82 Å². The van der Waals surface area contributed by atoms with E-state index in [0.29, 0.717) is 6.07 Å². The summed E-state index contributed by atoms with van der Waals surface area (Å²) in [7, 11) is -3.65. The molecule has 0 atom stereocenters. The number of terminal acetylenes is 1. The van der Waals surface area contributed by atoms with Crippen LogP contribution in [0.25, 0.3) is 10.2 Å². The van der Waals surface area contributed by atoms with Crippen molar-refractivity contribution in [1.29, 1.82) is 0 Å². The maximum atomic E-state index is 14.2.